The molecule has 10 nitrogen and oxygen atoms in total. The van der Waals surface area contributed by atoms with Gasteiger partial charge >= 0.3 is 0 Å². The number of H-pyrrole nitrogens is 1. The van der Waals surface area contributed by atoms with Crippen molar-refractivity contribution in [2.75, 3.05) is 19.5 Å². The minimum Gasteiger partial charge on any atom is -0.392 e. The van der Waals surface area contributed by atoms with Crippen LogP contribution < -0.4 is 11.3 Å². The van der Waals surface area contributed by atoms with E-state index in [2.05, 4.69) is 20.4 Å². The monoisotopic (exact) mass is 581 g/mol. The van der Waals surface area contributed by atoms with Gasteiger partial charge in [-0.05, 0) is 52.4 Å². The molecular formula is C32H32FN7O3. The lowest BCUT2D eigenvalue weighted by Crippen LogP contribution is -2.24. The van der Waals surface area contributed by atoms with Gasteiger partial charge in [0.1, 0.15) is 5.82 Å². The van der Waals surface area contributed by atoms with Crippen LogP contribution in [-0.2, 0) is 23.3 Å². The Hall–Kier alpha value is -4.87. The van der Waals surface area contributed by atoms with Crippen molar-refractivity contribution >= 4 is 27.5 Å². The van der Waals surface area contributed by atoms with Crippen LogP contribution in [-0.4, -0.2) is 48.6 Å². The molecule has 43 heavy (non-hydrogen) atoms. The van der Waals surface area contributed by atoms with Crippen molar-refractivity contribution in [1.82, 2.24) is 29.8 Å². The minimum atomic E-state index is -0.610. The lowest BCUT2D eigenvalue weighted by molar-refractivity contribution is 0.183. The van der Waals surface area contributed by atoms with Gasteiger partial charge in [0.2, 0.25) is 0 Å². The fourth-order valence-electron chi connectivity index (χ4n) is 5.38. The third-order valence-corrected chi connectivity index (χ3v) is 7.73. The molecule has 0 fully saturated rings. The summed E-state index contributed by atoms with van der Waals surface area (Å²) in [5.41, 5.74) is 10.7. The zero-order chi connectivity index (χ0) is 30.5. The Morgan fingerprint density at radius 3 is 2.63 bits per heavy atom. The van der Waals surface area contributed by atoms with Crippen molar-refractivity contribution in [1.29, 1.82) is 0 Å². The van der Waals surface area contributed by atoms with Crippen molar-refractivity contribution in [2.45, 2.75) is 39.3 Å². The number of rotatable bonds is 7. The predicted molar refractivity (Wildman–Crippen MR) is 165 cm³/mol. The molecule has 0 aliphatic carbocycles. The van der Waals surface area contributed by atoms with E-state index in [0.29, 0.717) is 46.6 Å². The average Bonchev–Trinajstić information content (AvgIpc) is 3.61. The van der Waals surface area contributed by atoms with Crippen molar-refractivity contribution in [3.8, 4) is 27.9 Å². The van der Waals surface area contributed by atoms with Crippen molar-refractivity contribution < 1.29 is 14.2 Å². The largest absolute Gasteiger partial charge is 0.392 e. The summed E-state index contributed by atoms with van der Waals surface area (Å²) in [4.78, 5) is 13.7. The van der Waals surface area contributed by atoms with Crippen LogP contribution >= 0.6 is 0 Å². The Balaban J connectivity index is 1.52. The number of halogens is 1. The van der Waals surface area contributed by atoms with Crippen LogP contribution in [0.4, 0.5) is 10.2 Å². The second-order valence-electron chi connectivity index (χ2n) is 11.5. The minimum absolute atomic E-state index is 0.0577. The molecule has 0 amide bonds. The zero-order valence-electron chi connectivity index (χ0n) is 24.3. The molecule has 0 spiro atoms. The van der Waals surface area contributed by atoms with Crippen LogP contribution in [0.5, 0.6) is 0 Å². The van der Waals surface area contributed by atoms with Gasteiger partial charge < -0.3 is 15.6 Å². The Morgan fingerprint density at radius 1 is 1.07 bits per heavy atom. The second kappa shape index (κ2) is 10.8. The first-order valence-corrected chi connectivity index (χ1v) is 13.9. The number of hydrogen-bond donors (Lipinski definition) is 3. The zero-order valence-corrected chi connectivity index (χ0v) is 24.3. The number of aliphatic hydroxyl groups excluding tert-OH is 1. The third-order valence-electron chi connectivity index (χ3n) is 7.73. The Morgan fingerprint density at radius 2 is 1.88 bits per heavy atom. The molecule has 3 heterocycles. The summed E-state index contributed by atoms with van der Waals surface area (Å²) in [7, 11) is 1.64. The number of fused-ring (bicyclic) bond motifs is 2. The molecule has 0 bridgehead atoms. The fourth-order valence-corrected chi connectivity index (χ4v) is 5.38. The summed E-state index contributed by atoms with van der Waals surface area (Å²) in [6.45, 7) is 6.65. The molecule has 0 unspecified atom stereocenters. The van der Waals surface area contributed by atoms with Crippen LogP contribution in [0.2, 0.25) is 0 Å². The highest BCUT2D eigenvalue weighted by molar-refractivity contribution is 6.02. The van der Waals surface area contributed by atoms with Crippen LogP contribution in [0, 0.1) is 5.82 Å². The van der Waals surface area contributed by atoms with Crippen LogP contribution in [0.3, 0.4) is 0 Å². The number of nitrogens with two attached hydrogens (primary N) is 1. The first-order valence-electron chi connectivity index (χ1n) is 13.9. The van der Waals surface area contributed by atoms with Crippen LogP contribution in [0.15, 0.2) is 65.8 Å². The number of ether oxygens (including phenoxy) is 1. The van der Waals surface area contributed by atoms with E-state index in [-0.39, 0.29) is 10.8 Å². The van der Waals surface area contributed by atoms with Crippen molar-refractivity contribution in [2.24, 2.45) is 0 Å². The van der Waals surface area contributed by atoms with Gasteiger partial charge in [-0.3, -0.25) is 14.6 Å². The van der Waals surface area contributed by atoms with Gasteiger partial charge in [0, 0.05) is 40.8 Å². The molecule has 0 saturated carbocycles. The summed E-state index contributed by atoms with van der Waals surface area (Å²) >= 11 is 0. The summed E-state index contributed by atoms with van der Waals surface area (Å²) in [5.74, 6) is -0.286. The highest BCUT2D eigenvalue weighted by atomic mass is 19.1. The van der Waals surface area contributed by atoms with E-state index < -0.39 is 18.0 Å². The molecule has 4 N–H and O–H groups in total. The predicted octanol–water partition coefficient (Wildman–Crippen LogP) is 4.95. The molecule has 6 rings (SSSR count). The van der Waals surface area contributed by atoms with Gasteiger partial charge in [-0.25, -0.2) is 4.39 Å². The normalized spacial score (nSPS) is 12.0. The van der Waals surface area contributed by atoms with Gasteiger partial charge in [0.05, 0.1) is 48.7 Å². The standard InChI is InChI=1S/C32H32FN7O3/c1-32(2,3)21-10-19-14-36-40(31(42)28(19)26(33)13-21)27-7-5-6-22(25(27)17-41)18-11-23(29-24(12-18)30(34)38-37-29)20-15-35-39(16-20)8-9-43-4/h5-7,10-16,41H,8-9,17H2,1-4H3,(H3,34,37,38). The molecule has 0 aliphatic rings. The van der Waals surface area contributed by atoms with Crippen LogP contribution in [0.1, 0.15) is 31.9 Å². The molecule has 3 aromatic carbocycles. The Bertz CT molecular complexity index is 2050. The molecule has 0 aliphatic heterocycles. The number of methoxy groups -OCH3 is 1. The number of nitrogens with one attached hydrogen (secondary N) is 1. The van der Waals surface area contributed by atoms with E-state index >= 15 is 4.39 Å². The second-order valence-corrected chi connectivity index (χ2v) is 11.5. The van der Waals surface area contributed by atoms with Gasteiger partial charge in [-0.1, -0.05) is 32.9 Å². The SMILES string of the molecule is COCCn1cc(-c2cc(-c3cccc(-n4ncc5cc(C(C)(C)C)cc(F)c5c4=O)c3CO)cc3c(N)n[nH]c23)cn1. The highest BCUT2D eigenvalue weighted by Gasteiger charge is 2.21. The van der Waals surface area contributed by atoms with E-state index in [1.165, 1.54) is 12.3 Å². The fraction of sp³-hybridized carbons (Fsp3) is 0.250. The highest BCUT2D eigenvalue weighted by Crippen LogP contribution is 2.37. The first-order chi connectivity index (χ1) is 20.6. The summed E-state index contributed by atoms with van der Waals surface area (Å²) in [6.07, 6.45) is 5.16. The maximum Gasteiger partial charge on any atom is 0.282 e. The number of nitrogen functional groups attached to an aromatic ring is 1. The molecular weight excluding hydrogens is 549 g/mol. The molecule has 220 valence electrons. The first kappa shape index (κ1) is 28.3. The van der Waals surface area contributed by atoms with Gasteiger partial charge in [-0.2, -0.15) is 20.0 Å². The van der Waals surface area contributed by atoms with E-state index in [1.54, 1.807) is 36.2 Å². The lowest BCUT2D eigenvalue weighted by atomic mass is 9.86. The van der Waals surface area contributed by atoms with E-state index in [9.17, 15) is 9.90 Å². The topological polar surface area (TPSA) is 137 Å². The number of anilines is 1. The van der Waals surface area contributed by atoms with E-state index in [4.69, 9.17) is 10.5 Å². The summed E-state index contributed by atoms with van der Waals surface area (Å²) < 4.78 is 23.5. The number of hydrogen-bond acceptors (Lipinski definition) is 7. The molecule has 6 aromatic rings. The number of benzene rings is 3. The average molecular weight is 582 g/mol. The number of aromatic amines is 1. The number of nitrogens with zero attached hydrogens (tertiary/aromatic N) is 5. The Labute approximate surface area is 246 Å². The molecule has 0 atom stereocenters. The van der Waals surface area contributed by atoms with Crippen molar-refractivity contribution in [3.05, 3.63) is 88.4 Å². The number of aliphatic hydroxyl groups is 1. The molecule has 0 radical (unpaired) electrons. The molecule has 11 heteroatoms. The maximum atomic E-state index is 15.4. The van der Waals surface area contributed by atoms with Gasteiger partial charge in [0.25, 0.3) is 5.56 Å². The van der Waals surface area contributed by atoms with Crippen LogP contribution in [0.25, 0.3) is 49.6 Å². The maximum absolute atomic E-state index is 15.4. The third kappa shape index (κ3) is 4.96. The summed E-state index contributed by atoms with van der Waals surface area (Å²) in [6, 6.07) is 12.3. The summed E-state index contributed by atoms with van der Waals surface area (Å²) in [5, 5.41) is 27.8. The molecule has 0 saturated heterocycles. The lowest BCUT2D eigenvalue weighted by Gasteiger charge is -2.20. The Kier molecular flexibility index (Phi) is 7.07. The van der Waals surface area contributed by atoms with Gasteiger partial charge in [0.15, 0.2) is 5.82 Å². The van der Waals surface area contributed by atoms with E-state index in [1.807, 2.05) is 45.2 Å². The smallest absolute Gasteiger partial charge is 0.282 e. The van der Waals surface area contributed by atoms with Crippen molar-refractivity contribution in [3.63, 3.8) is 0 Å². The number of aromatic nitrogens is 6. The quantitative estimate of drug-likeness (QED) is 0.243. The van der Waals surface area contributed by atoms with E-state index in [0.717, 1.165) is 32.5 Å². The molecule has 3 aromatic heterocycles. The van der Waals surface area contributed by atoms with Gasteiger partial charge in [-0.15, -0.1) is 0 Å².